The molecular formula is C17H16N4O2. The van der Waals surface area contributed by atoms with E-state index in [1.165, 1.54) is 6.92 Å². The lowest BCUT2D eigenvalue weighted by Gasteiger charge is -2.05. The average molecular weight is 308 g/mol. The van der Waals surface area contributed by atoms with E-state index in [0.717, 1.165) is 16.9 Å². The van der Waals surface area contributed by atoms with Crippen LogP contribution in [0.5, 0.6) is 0 Å². The molecule has 0 atom stereocenters. The molecule has 0 radical (unpaired) electrons. The normalized spacial score (nSPS) is 10.3. The predicted octanol–water partition coefficient (Wildman–Crippen LogP) is 3.31. The Kier molecular flexibility index (Phi) is 4.33. The van der Waals surface area contributed by atoms with Crippen LogP contribution in [0.2, 0.25) is 0 Å². The maximum Gasteiger partial charge on any atom is 0.247 e. The van der Waals surface area contributed by atoms with Gasteiger partial charge in [0, 0.05) is 23.9 Å². The highest BCUT2D eigenvalue weighted by Crippen LogP contribution is 2.18. The molecule has 0 saturated heterocycles. The van der Waals surface area contributed by atoms with E-state index in [9.17, 15) is 4.79 Å². The number of carbonyl (C=O) groups is 1. The molecule has 0 aliphatic carbocycles. The molecule has 3 rings (SSSR count). The summed E-state index contributed by atoms with van der Waals surface area (Å²) >= 11 is 0. The zero-order chi connectivity index (χ0) is 16.1. The number of hydrogen-bond donors (Lipinski definition) is 2. The van der Waals surface area contributed by atoms with Crippen LogP contribution in [-0.2, 0) is 11.3 Å². The lowest BCUT2D eigenvalue weighted by atomic mass is 10.2. The third kappa shape index (κ3) is 3.94. The zero-order valence-electron chi connectivity index (χ0n) is 12.6. The number of amides is 1. The number of anilines is 2. The number of nitrogens with zero attached hydrogens (tertiary/aromatic N) is 2. The highest BCUT2D eigenvalue weighted by molar-refractivity contribution is 5.88. The van der Waals surface area contributed by atoms with Crippen molar-refractivity contribution >= 4 is 17.3 Å². The van der Waals surface area contributed by atoms with Crippen LogP contribution in [0.15, 0.2) is 59.0 Å². The van der Waals surface area contributed by atoms with Crippen molar-refractivity contribution in [1.82, 2.24) is 10.2 Å². The van der Waals surface area contributed by atoms with Crippen molar-refractivity contribution in [2.24, 2.45) is 0 Å². The number of aromatic nitrogens is 2. The van der Waals surface area contributed by atoms with Gasteiger partial charge in [-0.25, -0.2) is 0 Å². The first-order valence-corrected chi connectivity index (χ1v) is 7.20. The fourth-order valence-corrected chi connectivity index (χ4v) is 2.07. The van der Waals surface area contributed by atoms with Crippen LogP contribution in [-0.4, -0.2) is 16.1 Å². The molecule has 2 aromatic carbocycles. The van der Waals surface area contributed by atoms with Crippen LogP contribution in [0.25, 0.3) is 11.5 Å². The summed E-state index contributed by atoms with van der Waals surface area (Å²) in [6, 6.07) is 17.0. The van der Waals surface area contributed by atoms with Gasteiger partial charge in [0.1, 0.15) is 0 Å². The summed E-state index contributed by atoms with van der Waals surface area (Å²) in [6.07, 6.45) is 0. The number of hydrogen-bond acceptors (Lipinski definition) is 5. The van der Waals surface area contributed by atoms with Gasteiger partial charge in [-0.15, -0.1) is 10.2 Å². The van der Waals surface area contributed by atoms with Gasteiger partial charge in [0.2, 0.25) is 17.7 Å². The van der Waals surface area contributed by atoms with Crippen LogP contribution < -0.4 is 10.6 Å². The van der Waals surface area contributed by atoms with Gasteiger partial charge in [0.15, 0.2) is 0 Å². The van der Waals surface area contributed by atoms with Crippen molar-refractivity contribution in [3.05, 3.63) is 60.5 Å². The second-order valence-electron chi connectivity index (χ2n) is 4.98. The molecule has 0 bridgehead atoms. The van der Waals surface area contributed by atoms with Gasteiger partial charge >= 0.3 is 0 Å². The second kappa shape index (κ2) is 6.74. The van der Waals surface area contributed by atoms with E-state index >= 15 is 0 Å². The average Bonchev–Trinajstić information content (AvgIpc) is 3.04. The molecule has 3 aromatic rings. The smallest absolute Gasteiger partial charge is 0.247 e. The molecule has 0 spiro atoms. The monoisotopic (exact) mass is 308 g/mol. The second-order valence-corrected chi connectivity index (χ2v) is 4.98. The van der Waals surface area contributed by atoms with Crippen molar-refractivity contribution in [2.75, 3.05) is 10.6 Å². The number of nitrogens with one attached hydrogen (secondary N) is 2. The zero-order valence-corrected chi connectivity index (χ0v) is 12.6. The molecule has 23 heavy (non-hydrogen) atoms. The number of benzene rings is 2. The fraction of sp³-hybridized carbons (Fsp3) is 0.118. The predicted molar refractivity (Wildman–Crippen MR) is 87.8 cm³/mol. The van der Waals surface area contributed by atoms with Crippen molar-refractivity contribution in [3.63, 3.8) is 0 Å². The fourth-order valence-electron chi connectivity index (χ4n) is 2.07. The minimum atomic E-state index is -0.0926. The Balaban J connectivity index is 1.60. The summed E-state index contributed by atoms with van der Waals surface area (Å²) < 4.78 is 5.63. The van der Waals surface area contributed by atoms with Gasteiger partial charge in [0.05, 0.1) is 6.54 Å². The summed E-state index contributed by atoms with van der Waals surface area (Å²) in [4.78, 5) is 11.0. The summed E-state index contributed by atoms with van der Waals surface area (Å²) in [5.74, 6) is 0.920. The van der Waals surface area contributed by atoms with Crippen LogP contribution in [0.3, 0.4) is 0 Å². The molecule has 0 fully saturated rings. The first kappa shape index (κ1) is 14.8. The minimum absolute atomic E-state index is 0.0926. The van der Waals surface area contributed by atoms with Gasteiger partial charge in [-0.1, -0.05) is 18.2 Å². The summed E-state index contributed by atoms with van der Waals surface area (Å²) in [6.45, 7) is 1.91. The van der Waals surface area contributed by atoms with Crippen molar-refractivity contribution in [2.45, 2.75) is 13.5 Å². The molecule has 1 heterocycles. The molecule has 0 saturated carbocycles. The molecule has 116 valence electrons. The Bertz CT molecular complexity index is 782. The van der Waals surface area contributed by atoms with Crippen LogP contribution in [0.1, 0.15) is 12.8 Å². The lowest BCUT2D eigenvalue weighted by molar-refractivity contribution is -0.114. The number of carbonyl (C=O) groups excluding carboxylic acids is 1. The van der Waals surface area contributed by atoms with Gasteiger partial charge in [-0.3, -0.25) is 4.79 Å². The number of rotatable bonds is 5. The maximum atomic E-state index is 11.0. The third-order valence-electron chi connectivity index (χ3n) is 3.14. The SMILES string of the molecule is CC(=O)Nc1ccc(NCc2nnc(-c3ccccc3)o2)cc1. The van der Waals surface area contributed by atoms with Gasteiger partial charge in [-0.05, 0) is 36.4 Å². The first-order chi connectivity index (χ1) is 11.2. The minimum Gasteiger partial charge on any atom is -0.419 e. The molecule has 1 aromatic heterocycles. The highest BCUT2D eigenvalue weighted by Gasteiger charge is 2.07. The van der Waals surface area contributed by atoms with E-state index in [1.807, 2.05) is 54.6 Å². The van der Waals surface area contributed by atoms with Crippen LogP contribution in [0.4, 0.5) is 11.4 Å². The van der Waals surface area contributed by atoms with E-state index in [-0.39, 0.29) is 5.91 Å². The Morgan fingerprint density at radius 2 is 1.70 bits per heavy atom. The quantitative estimate of drug-likeness (QED) is 0.756. The maximum absolute atomic E-state index is 11.0. The van der Waals surface area contributed by atoms with Gasteiger partial charge in [0.25, 0.3) is 0 Å². The van der Waals surface area contributed by atoms with Crippen molar-refractivity contribution in [3.8, 4) is 11.5 Å². The van der Waals surface area contributed by atoms with E-state index < -0.39 is 0 Å². The first-order valence-electron chi connectivity index (χ1n) is 7.20. The molecule has 1 amide bonds. The van der Waals surface area contributed by atoms with Crippen molar-refractivity contribution < 1.29 is 9.21 Å². The standard InChI is InChI=1S/C17H16N4O2/c1-12(22)19-15-9-7-14(8-10-15)18-11-16-20-21-17(23-16)13-5-3-2-4-6-13/h2-10,18H,11H2,1H3,(H,19,22). The molecule has 0 aliphatic rings. The van der Waals surface area contributed by atoms with E-state index in [4.69, 9.17) is 4.42 Å². The Morgan fingerprint density at radius 3 is 2.39 bits per heavy atom. The van der Waals surface area contributed by atoms with Crippen molar-refractivity contribution in [1.29, 1.82) is 0 Å². The summed E-state index contributed by atoms with van der Waals surface area (Å²) in [7, 11) is 0. The van der Waals surface area contributed by atoms with Gasteiger partial charge in [-0.2, -0.15) is 0 Å². The Morgan fingerprint density at radius 1 is 1.00 bits per heavy atom. The lowest BCUT2D eigenvalue weighted by Crippen LogP contribution is -2.05. The molecule has 2 N–H and O–H groups in total. The van der Waals surface area contributed by atoms with E-state index in [1.54, 1.807) is 0 Å². The Labute approximate surface area is 133 Å². The third-order valence-corrected chi connectivity index (χ3v) is 3.14. The largest absolute Gasteiger partial charge is 0.419 e. The summed E-state index contributed by atoms with van der Waals surface area (Å²) in [5.41, 5.74) is 2.55. The highest BCUT2D eigenvalue weighted by atomic mass is 16.4. The molecule has 6 heteroatoms. The topological polar surface area (TPSA) is 80.0 Å². The Hall–Kier alpha value is -3.15. The van der Waals surface area contributed by atoms with E-state index in [2.05, 4.69) is 20.8 Å². The molecule has 0 aliphatic heterocycles. The van der Waals surface area contributed by atoms with E-state index in [0.29, 0.717) is 18.3 Å². The van der Waals surface area contributed by atoms with Crippen LogP contribution in [0, 0.1) is 0 Å². The summed E-state index contributed by atoms with van der Waals surface area (Å²) in [5, 5.41) is 14.0. The van der Waals surface area contributed by atoms with Gasteiger partial charge < -0.3 is 15.1 Å². The van der Waals surface area contributed by atoms with Crippen LogP contribution >= 0.6 is 0 Å². The molecule has 6 nitrogen and oxygen atoms in total. The molecular weight excluding hydrogens is 292 g/mol. The molecule has 0 unspecified atom stereocenters.